The van der Waals surface area contributed by atoms with Crippen molar-refractivity contribution in [1.82, 2.24) is 0 Å². The number of hydrogen-bond donors (Lipinski definition) is 2. The zero-order valence-electron chi connectivity index (χ0n) is 8.94. The van der Waals surface area contributed by atoms with E-state index in [1.807, 2.05) is 0 Å². The number of aliphatic carboxylic acids is 1. The standard InChI is InChI=1S/C11H14FNO3/c1-7-2-3-8(12)6-10(7)16-9(4-5-13)11(14)15/h2-3,6,9H,4-5,13H2,1H3,(H,14,15). The molecule has 1 rings (SSSR count). The van der Waals surface area contributed by atoms with Gasteiger partial charge in [-0.3, -0.25) is 0 Å². The monoisotopic (exact) mass is 227 g/mol. The minimum atomic E-state index is -1.10. The van der Waals surface area contributed by atoms with Crippen molar-refractivity contribution >= 4 is 5.97 Å². The van der Waals surface area contributed by atoms with Crippen LogP contribution in [0.15, 0.2) is 18.2 Å². The fourth-order valence-corrected chi connectivity index (χ4v) is 1.24. The predicted molar refractivity (Wildman–Crippen MR) is 56.9 cm³/mol. The summed E-state index contributed by atoms with van der Waals surface area (Å²) in [6, 6.07) is 3.99. The van der Waals surface area contributed by atoms with E-state index in [1.165, 1.54) is 18.2 Å². The molecule has 3 N–H and O–H groups in total. The van der Waals surface area contributed by atoms with Crippen LogP contribution in [0.25, 0.3) is 0 Å². The van der Waals surface area contributed by atoms with Crippen molar-refractivity contribution in [3.8, 4) is 5.75 Å². The van der Waals surface area contributed by atoms with E-state index in [4.69, 9.17) is 15.6 Å². The summed E-state index contributed by atoms with van der Waals surface area (Å²) < 4.78 is 18.1. The molecule has 88 valence electrons. The second-order valence-electron chi connectivity index (χ2n) is 3.43. The number of ether oxygens (including phenoxy) is 1. The Balaban J connectivity index is 2.84. The highest BCUT2D eigenvalue weighted by Gasteiger charge is 2.19. The van der Waals surface area contributed by atoms with Gasteiger partial charge in [0.15, 0.2) is 6.10 Å². The molecule has 0 amide bonds. The lowest BCUT2D eigenvalue weighted by Gasteiger charge is -2.15. The van der Waals surface area contributed by atoms with Gasteiger partial charge in [0.2, 0.25) is 0 Å². The summed E-state index contributed by atoms with van der Waals surface area (Å²) in [5.74, 6) is -1.33. The molecule has 5 heteroatoms. The molecule has 1 aromatic rings. The topological polar surface area (TPSA) is 72.5 Å². The summed E-state index contributed by atoms with van der Waals surface area (Å²) in [4.78, 5) is 10.8. The molecule has 0 saturated carbocycles. The first-order chi connectivity index (χ1) is 7.54. The second-order valence-corrected chi connectivity index (χ2v) is 3.43. The Bertz CT molecular complexity index is 381. The molecule has 1 atom stereocenters. The van der Waals surface area contributed by atoms with Crippen molar-refractivity contribution in [3.63, 3.8) is 0 Å². The molecule has 0 spiro atoms. The molecule has 0 heterocycles. The molecule has 16 heavy (non-hydrogen) atoms. The fourth-order valence-electron chi connectivity index (χ4n) is 1.24. The van der Waals surface area contributed by atoms with E-state index in [-0.39, 0.29) is 18.7 Å². The van der Waals surface area contributed by atoms with Gasteiger partial charge in [0.25, 0.3) is 0 Å². The maximum absolute atomic E-state index is 12.9. The smallest absolute Gasteiger partial charge is 0.344 e. The predicted octanol–water partition coefficient (Wildman–Crippen LogP) is 1.31. The van der Waals surface area contributed by atoms with Gasteiger partial charge in [0, 0.05) is 12.5 Å². The summed E-state index contributed by atoms with van der Waals surface area (Å²) in [5, 5.41) is 8.85. The van der Waals surface area contributed by atoms with E-state index in [1.54, 1.807) is 6.92 Å². The van der Waals surface area contributed by atoms with Crippen LogP contribution in [0, 0.1) is 12.7 Å². The van der Waals surface area contributed by atoms with E-state index in [9.17, 15) is 9.18 Å². The molecule has 4 nitrogen and oxygen atoms in total. The Morgan fingerprint density at radius 1 is 1.62 bits per heavy atom. The summed E-state index contributed by atoms with van der Waals surface area (Å²) >= 11 is 0. The van der Waals surface area contributed by atoms with Gasteiger partial charge in [-0.1, -0.05) is 6.07 Å². The van der Waals surface area contributed by atoms with Gasteiger partial charge in [0.1, 0.15) is 11.6 Å². The van der Waals surface area contributed by atoms with Gasteiger partial charge in [0.05, 0.1) is 0 Å². The van der Waals surface area contributed by atoms with E-state index in [0.29, 0.717) is 5.56 Å². The van der Waals surface area contributed by atoms with Crippen molar-refractivity contribution in [3.05, 3.63) is 29.6 Å². The third kappa shape index (κ3) is 3.20. The van der Waals surface area contributed by atoms with Crippen LogP contribution in [-0.4, -0.2) is 23.7 Å². The second kappa shape index (κ2) is 5.46. The van der Waals surface area contributed by atoms with Crippen molar-refractivity contribution in [1.29, 1.82) is 0 Å². The summed E-state index contributed by atoms with van der Waals surface area (Å²) in [6.45, 7) is 1.92. The first-order valence-electron chi connectivity index (χ1n) is 4.90. The first kappa shape index (κ1) is 12.4. The molecule has 0 aliphatic rings. The maximum atomic E-state index is 12.9. The summed E-state index contributed by atoms with van der Waals surface area (Å²) in [7, 11) is 0. The van der Waals surface area contributed by atoms with Crippen LogP contribution >= 0.6 is 0 Å². The van der Waals surface area contributed by atoms with Crippen molar-refractivity contribution in [2.24, 2.45) is 5.73 Å². The zero-order valence-corrected chi connectivity index (χ0v) is 8.94. The van der Waals surface area contributed by atoms with Gasteiger partial charge < -0.3 is 15.6 Å². The van der Waals surface area contributed by atoms with Crippen molar-refractivity contribution in [2.45, 2.75) is 19.4 Å². The Kier molecular flexibility index (Phi) is 4.25. The molecule has 1 unspecified atom stereocenters. The highest BCUT2D eigenvalue weighted by Crippen LogP contribution is 2.20. The van der Waals surface area contributed by atoms with Crippen LogP contribution in [0.5, 0.6) is 5.75 Å². The SMILES string of the molecule is Cc1ccc(F)cc1OC(CCN)C(=O)O. The molecule has 0 aliphatic heterocycles. The highest BCUT2D eigenvalue weighted by atomic mass is 19.1. The number of rotatable bonds is 5. The number of aryl methyl sites for hydroxylation is 1. The average Bonchev–Trinajstić information content (AvgIpc) is 2.22. The Hall–Kier alpha value is -1.62. The molecule has 0 aromatic heterocycles. The van der Waals surface area contributed by atoms with Crippen LogP contribution in [0.2, 0.25) is 0 Å². The van der Waals surface area contributed by atoms with Crippen LogP contribution in [0.4, 0.5) is 4.39 Å². The first-order valence-corrected chi connectivity index (χ1v) is 4.90. The lowest BCUT2D eigenvalue weighted by Crippen LogP contribution is -2.29. The maximum Gasteiger partial charge on any atom is 0.344 e. The normalized spacial score (nSPS) is 12.2. The quantitative estimate of drug-likeness (QED) is 0.795. The number of nitrogens with two attached hydrogens (primary N) is 1. The number of carboxylic acid groups (broad SMARTS) is 1. The summed E-state index contributed by atoms with van der Waals surface area (Å²) in [6.07, 6.45) is -0.851. The lowest BCUT2D eigenvalue weighted by atomic mass is 10.2. The van der Waals surface area contributed by atoms with Gasteiger partial charge in [-0.15, -0.1) is 0 Å². The fraction of sp³-hybridized carbons (Fsp3) is 0.364. The van der Waals surface area contributed by atoms with E-state index in [0.717, 1.165) is 0 Å². The molecule has 0 saturated heterocycles. The molecule has 0 bridgehead atoms. The third-order valence-electron chi connectivity index (χ3n) is 2.12. The van der Waals surface area contributed by atoms with Gasteiger partial charge in [-0.05, 0) is 25.1 Å². The minimum Gasteiger partial charge on any atom is -0.479 e. The van der Waals surface area contributed by atoms with E-state index < -0.39 is 17.9 Å². The number of halogens is 1. The molecule has 0 fully saturated rings. The van der Waals surface area contributed by atoms with E-state index >= 15 is 0 Å². The van der Waals surface area contributed by atoms with E-state index in [2.05, 4.69) is 0 Å². The van der Waals surface area contributed by atoms with Crippen LogP contribution < -0.4 is 10.5 Å². The summed E-state index contributed by atoms with van der Waals surface area (Å²) in [5.41, 5.74) is 5.96. The number of benzene rings is 1. The molecule has 0 aliphatic carbocycles. The zero-order chi connectivity index (χ0) is 12.1. The van der Waals surface area contributed by atoms with Crippen LogP contribution in [0.3, 0.4) is 0 Å². The molecule has 1 aromatic carbocycles. The molecule has 0 radical (unpaired) electrons. The van der Waals surface area contributed by atoms with Gasteiger partial charge in [-0.2, -0.15) is 0 Å². The Morgan fingerprint density at radius 2 is 2.31 bits per heavy atom. The van der Waals surface area contributed by atoms with Gasteiger partial charge in [-0.25, -0.2) is 9.18 Å². The van der Waals surface area contributed by atoms with Crippen LogP contribution in [-0.2, 0) is 4.79 Å². The Morgan fingerprint density at radius 3 is 2.88 bits per heavy atom. The Labute approximate surface area is 92.8 Å². The molecular formula is C11H14FNO3. The average molecular weight is 227 g/mol. The van der Waals surface area contributed by atoms with Crippen LogP contribution in [0.1, 0.15) is 12.0 Å². The number of hydrogen-bond acceptors (Lipinski definition) is 3. The largest absolute Gasteiger partial charge is 0.479 e. The lowest BCUT2D eigenvalue weighted by molar-refractivity contribution is -0.145. The van der Waals surface area contributed by atoms with Crippen molar-refractivity contribution < 1.29 is 19.0 Å². The minimum absolute atomic E-state index is 0.186. The molecular weight excluding hydrogens is 213 g/mol. The number of carboxylic acids is 1. The third-order valence-corrected chi connectivity index (χ3v) is 2.12. The highest BCUT2D eigenvalue weighted by molar-refractivity contribution is 5.72. The van der Waals surface area contributed by atoms with Crippen molar-refractivity contribution in [2.75, 3.05) is 6.54 Å². The van der Waals surface area contributed by atoms with Gasteiger partial charge >= 0.3 is 5.97 Å². The number of carbonyl (C=O) groups is 1.